The summed E-state index contributed by atoms with van der Waals surface area (Å²) in [6.45, 7) is 4.00. The van der Waals surface area contributed by atoms with Gasteiger partial charge in [-0.15, -0.1) is 0 Å². The van der Waals surface area contributed by atoms with Gasteiger partial charge in [0.15, 0.2) is 0 Å². The Hall–Kier alpha value is -1.53. The van der Waals surface area contributed by atoms with Crippen molar-refractivity contribution in [2.45, 2.75) is 32.5 Å². The van der Waals surface area contributed by atoms with E-state index in [-0.39, 0.29) is 19.0 Å². The van der Waals surface area contributed by atoms with E-state index in [2.05, 4.69) is 10.2 Å². The van der Waals surface area contributed by atoms with Gasteiger partial charge in [-0.25, -0.2) is 0 Å². The lowest BCUT2D eigenvalue weighted by molar-refractivity contribution is 0.0572. The van der Waals surface area contributed by atoms with Crippen LogP contribution < -0.4 is 0 Å². The van der Waals surface area contributed by atoms with Gasteiger partial charge in [-0.05, 0) is 19.4 Å². The summed E-state index contributed by atoms with van der Waals surface area (Å²) < 4.78 is 0. The highest BCUT2D eigenvalue weighted by atomic mass is 16.3. The molecule has 1 aromatic rings. The lowest BCUT2D eigenvalue weighted by atomic mass is 10.1. The number of carbonyl (C=O) groups excluding carboxylic acids is 1. The van der Waals surface area contributed by atoms with Gasteiger partial charge in [-0.2, -0.15) is 10.2 Å². The normalized spacial score (nSPS) is 23.4. The molecule has 0 aromatic carbocycles. The molecule has 1 fully saturated rings. The van der Waals surface area contributed by atoms with Crippen molar-refractivity contribution in [1.82, 2.24) is 15.1 Å². The Kier molecular flexibility index (Phi) is 3.58. The van der Waals surface area contributed by atoms with Crippen molar-refractivity contribution in [2.24, 2.45) is 0 Å². The highest BCUT2D eigenvalue weighted by molar-refractivity contribution is 5.95. The molecule has 1 saturated heterocycles. The number of aliphatic hydroxyl groups is 2. The van der Waals surface area contributed by atoms with E-state index in [0.717, 1.165) is 0 Å². The van der Waals surface area contributed by atoms with Gasteiger partial charge in [0.1, 0.15) is 0 Å². The number of rotatable bonds is 2. The molecule has 2 atom stereocenters. The summed E-state index contributed by atoms with van der Waals surface area (Å²) in [6, 6.07) is 1.70. The Morgan fingerprint density at radius 1 is 1.39 bits per heavy atom. The third-order valence-corrected chi connectivity index (χ3v) is 3.10. The van der Waals surface area contributed by atoms with E-state index >= 15 is 0 Å². The first-order chi connectivity index (χ1) is 8.52. The zero-order chi connectivity index (χ0) is 13.3. The van der Waals surface area contributed by atoms with E-state index in [1.165, 1.54) is 4.90 Å². The molecule has 2 heterocycles. The standard InChI is InChI=1S/C12H17N3O3/c1-3-9-8(4-7(2)13-14-9)12(18)15-5-10(16)11(17)6-15/h4,10-11,16-17H,3,5-6H2,1-2H3. The molecule has 2 rings (SSSR count). The zero-order valence-corrected chi connectivity index (χ0v) is 10.5. The molecule has 6 nitrogen and oxygen atoms in total. The summed E-state index contributed by atoms with van der Waals surface area (Å²) in [7, 11) is 0. The fourth-order valence-electron chi connectivity index (χ4n) is 2.07. The summed E-state index contributed by atoms with van der Waals surface area (Å²) in [5.41, 5.74) is 1.82. The SMILES string of the molecule is CCc1nnc(C)cc1C(=O)N1CC(O)C(O)C1. The van der Waals surface area contributed by atoms with Crippen LogP contribution in [0.25, 0.3) is 0 Å². The van der Waals surface area contributed by atoms with E-state index in [0.29, 0.717) is 23.4 Å². The van der Waals surface area contributed by atoms with Gasteiger partial charge < -0.3 is 15.1 Å². The number of aryl methyl sites for hydroxylation is 2. The van der Waals surface area contributed by atoms with Crippen LogP contribution in [-0.4, -0.2) is 56.5 Å². The summed E-state index contributed by atoms with van der Waals surface area (Å²) in [6.07, 6.45) is -1.11. The highest BCUT2D eigenvalue weighted by Gasteiger charge is 2.33. The molecule has 1 aliphatic rings. The molecule has 0 radical (unpaired) electrons. The lowest BCUT2D eigenvalue weighted by Gasteiger charge is -2.16. The molecule has 1 aromatic heterocycles. The number of hydrogen-bond acceptors (Lipinski definition) is 5. The Morgan fingerprint density at radius 2 is 2.00 bits per heavy atom. The van der Waals surface area contributed by atoms with Gasteiger partial charge in [-0.3, -0.25) is 4.79 Å². The lowest BCUT2D eigenvalue weighted by Crippen LogP contribution is -2.31. The van der Waals surface area contributed by atoms with Crippen LogP contribution >= 0.6 is 0 Å². The number of likely N-dealkylation sites (tertiary alicyclic amines) is 1. The van der Waals surface area contributed by atoms with Crippen LogP contribution in [0.3, 0.4) is 0 Å². The predicted octanol–water partition coefficient (Wildman–Crippen LogP) is -0.475. The minimum Gasteiger partial charge on any atom is -0.388 e. The second kappa shape index (κ2) is 4.99. The molecule has 1 amide bonds. The molecule has 0 saturated carbocycles. The van der Waals surface area contributed by atoms with E-state index in [9.17, 15) is 15.0 Å². The molecule has 2 N–H and O–H groups in total. The number of carbonyl (C=O) groups is 1. The van der Waals surface area contributed by atoms with Crippen LogP contribution in [0, 0.1) is 6.92 Å². The number of β-amino-alcohol motifs (C(OH)–C–C–N with tert-alkyl or cyclic N) is 2. The molecule has 0 spiro atoms. The van der Waals surface area contributed by atoms with Crippen molar-refractivity contribution in [3.8, 4) is 0 Å². The number of nitrogens with zero attached hydrogens (tertiary/aromatic N) is 3. The summed E-state index contributed by atoms with van der Waals surface area (Å²) >= 11 is 0. The second-order valence-corrected chi connectivity index (χ2v) is 4.54. The Labute approximate surface area is 105 Å². The monoisotopic (exact) mass is 251 g/mol. The summed E-state index contributed by atoms with van der Waals surface area (Å²) in [4.78, 5) is 13.8. The van der Waals surface area contributed by atoms with Crippen molar-refractivity contribution >= 4 is 5.91 Å². The molecular formula is C12H17N3O3. The zero-order valence-electron chi connectivity index (χ0n) is 10.5. The molecule has 6 heteroatoms. The quantitative estimate of drug-likeness (QED) is 0.741. The first-order valence-electron chi connectivity index (χ1n) is 6.01. The molecule has 2 unspecified atom stereocenters. The number of amides is 1. The number of hydrogen-bond donors (Lipinski definition) is 2. The van der Waals surface area contributed by atoms with Crippen molar-refractivity contribution in [1.29, 1.82) is 0 Å². The molecule has 98 valence electrons. The van der Waals surface area contributed by atoms with Crippen molar-refractivity contribution < 1.29 is 15.0 Å². The maximum Gasteiger partial charge on any atom is 0.256 e. The van der Waals surface area contributed by atoms with Crippen molar-refractivity contribution in [3.63, 3.8) is 0 Å². The first kappa shape index (κ1) is 12.9. The maximum atomic E-state index is 12.3. The summed E-state index contributed by atoms with van der Waals surface area (Å²) in [5.74, 6) is -0.208. The fraction of sp³-hybridized carbons (Fsp3) is 0.583. The number of aliphatic hydroxyl groups excluding tert-OH is 2. The van der Waals surface area contributed by atoms with Gasteiger partial charge in [-0.1, -0.05) is 6.92 Å². The highest BCUT2D eigenvalue weighted by Crippen LogP contribution is 2.16. The Bertz CT molecular complexity index is 454. The van der Waals surface area contributed by atoms with E-state index in [4.69, 9.17) is 0 Å². The minimum atomic E-state index is -0.866. The van der Waals surface area contributed by atoms with Gasteiger partial charge >= 0.3 is 0 Å². The Balaban J connectivity index is 2.26. The average Bonchev–Trinajstić information content (AvgIpc) is 2.68. The van der Waals surface area contributed by atoms with E-state index in [1.807, 2.05) is 6.92 Å². The van der Waals surface area contributed by atoms with Gasteiger partial charge in [0.25, 0.3) is 5.91 Å². The van der Waals surface area contributed by atoms with Gasteiger partial charge in [0.2, 0.25) is 0 Å². The largest absolute Gasteiger partial charge is 0.388 e. The third-order valence-electron chi connectivity index (χ3n) is 3.10. The Morgan fingerprint density at radius 3 is 2.56 bits per heavy atom. The molecular weight excluding hydrogens is 234 g/mol. The van der Waals surface area contributed by atoms with Crippen LogP contribution in [-0.2, 0) is 6.42 Å². The van der Waals surface area contributed by atoms with Crippen molar-refractivity contribution in [3.05, 3.63) is 23.0 Å². The van der Waals surface area contributed by atoms with Gasteiger partial charge in [0.05, 0.1) is 29.2 Å². The molecule has 0 bridgehead atoms. The van der Waals surface area contributed by atoms with Gasteiger partial charge in [0, 0.05) is 13.1 Å². The van der Waals surface area contributed by atoms with Crippen LogP contribution in [0.4, 0.5) is 0 Å². The average molecular weight is 251 g/mol. The molecule has 0 aliphatic carbocycles. The number of aromatic nitrogens is 2. The van der Waals surface area contributed by atoms with Crippen LogP contribution in [0.2, 0.25) is 0 Å². The molecule has 1 aliphatic heterocycles. The second-order valence-electron chi connectivity index (χ2n) is 4.54. The third kappa shape index (κ3) is 2.34. The predicted molar refractivity (Wildman–Crippen MR) is 64.1 cm³/mol. The van der Waals surface area contributed by atoms with Crippen LogP contribution in [0.15, 0.2) is 6.07 Å². The van der Waals surface area contributed by atoms with Crippen LogP contribution in [0.5, 0.6) is 0 Å². The summed E-state index contributed by atoms with van der Waals surface area (Å²) in [5, 5.41) is 26.9. The fourth-order valence-corrected chi connectivity index (χ4v) is 2.07. The van der Waals surface area contributed by atoms with Crippen molar-refractivity contribution in [2.75, 3.05) is 13.1 Å². The molecule has 18 heavy (non-hydrogen) atoms. The smallest absolute Gasteiger partial charge is 0.256 e. The van der Waals surface area contributed by atoms with E-state index in [1.54, 1.807) is 13.0 Å². The van der Waals surface area contributed by atoms with E-state index < -0.39 is 12.2 Å². The van der Waals surface area contributed by atoms with Crippen LogP contribution in [0.1, 0.15) is 28.7 Å². The topological polar surface area (TPSA) is 86.6 Å². The minimum absolute atomic E-state index is 0.157. The first-order valence-corrected chi connectivity index (χ1v) is 6.01. The maximum absolute atomic E-state index is 12.3.